The fourth-order valence-electron chi connectivity index (χ4n) is 4.02. The van der Waals surface area contributed by atoms with Crippen LogP contribution < -0.4 is 14.8 Å². The number of methoxy groups -OCH3 is 2. The van der Waals surface area contributed by atoms with Gasteiger partial charge in [0.25, 0.3) is 0 Å². The fourth-order valence-corrected chi connectivity index (χ4v) is 4.02. The SMILES string of the molecule is COCCOc1ccc(CN2CCc3nc([C@H]4CCCN4)ncc3C2)cc1OC. The monoisotopic (exact) mass is 398 g/mol. The summed E-state index contributed by atoms with van der Waals surface area (Å²) in [6.07, 6.45) is 5.33. The molecule has 0 aliphatic carbocycles. The maximum atomic E-state index is 5.73. The van der Waals surface area contributed by atoms with E-state index in [9.17, 15) is 0 Å². The Hall–Kier alpha value is -2.22. The molecule has 2 aliphatic rings. The van der Waals surface area contributed by atoms with E-state index >= 15 is 0 Å². The van der Waals surface area contributed by atoms with E-state index in [0.29, 0.717) is 19.3 Å². The lowest BCUT2D eigenvalue weighted by molar-refractivity contribution is 0.144. The molecule has 1 N–H and O–H groups in total. The molecular formula is C22H30N4O3. The van der Waals surface area contributed by atoms with Gasteiger partial charge in [0.05, 0.1) is 19.8 Å². The quantitative estimate of drug-likeness (QED) is 0.685. The van der Waals surface area contributed by atoms with Crippen LogP contribution in [0, 0.1) is 0 Å². The largest absolute Gasteiger partial charge is 0.493 e. The third kappa shape index (κ3) is 4.86. The van der Waals surface area contributed by atoms with Crippen molar-refractivity contribution < 1.29 is 14.2 Å². The van der Waals surface area contributed by atoms with E-state index in [1.807, 2.05) is 12.3 Å². The van der Waals surface area contributed by atoms with Crippen LogP contribution in [0.25, 0.3) is 0 Å². The Bertz CT molecular complexity index is 824. The zero-order valence-electron chi connectivity index (χ0n) is 17.3. The molecule has 0 unspecified atom stereocenters. The molecule has 2 aromatic rings. The minimum absolute atomic E-state index is 0.329. The van der Waals surface area contributed by atoms with Crippen molar-refractivity contribution in [2.75, 3.05) is 40.5 Å². The molecule has 0 bridgehead atoms. The third-order valence-corrected chi connectivity index (χ3v) is 5.58. The summed E-state index contributed by atoms with van der Waals surface area (Å²) in [6.45, 7) is 4.86. The van der Waals surface area contributed by atoms with Crippen LogP contribution in [0.15, 0.2) is 24.4 Å². The number of hydrogen-bond donors (Lipinski definition) is 1. The molecule has 156 valence electrons. The second kappa shape index (κ2) is 9.52. The van der Waals surface area contributed by atoms with E-state index in [-0.39, 0.29) is 0 Å². The highest BCUT2D eigenvalue weighted by molar-refractivity contribution is 5.43. The first-order chi connectivity index (χ1) is 14.3. The summed E-state index contributed by atoms with van der Waals surface area (Å²) in [6, 6.07) is 6.47. The van der Waals surface area contributed by atoms with Crippen molar-refractivity contribution in [1.82, 2.24) is 20.2 Å². The van der Waals surface area contributed by atoms with Crippen LogP contribution in [0.3, 0.4) is 0 Å². The third-order valence-electron chi connectivity index (χ3n) is 5.58. The molecule has 2 aliphatic heterocycles. The zero-order valence-corrected chi connectivity index (χ0v) is 17.3. The Balaban J connectivity index is 1.39. The van der Waals surface area contributed by atoms with Gasteiger partial charge in [0.15, 0.2) is 11.5 Å². The number of hydrogen-bond acceptors (Lipinski definition) is 7. The van der Waals surface area contributed by atoms with Crippen molar-refractivity contribution in [2.24, 2.45) is 0 Å². The Kier molecular flexibility index (Phi) is 6.59. The molecule has 4 rings (SSSR count). The first-order valence-corrected chi connectivity index (χ1v) is 10.4. The van der Waals surface area contributed by atoms with Gasteiger partial charge in [0.1, 0.15) is 12.4 Å². The van der Waals surface area contributed by atoms with Gasteiger partial charge in [0.2, 0.25) is 0 Å². The predicted octanol–water partition coefficient (Wildman–Crippen LogP) is 2.49. The predicted molar refractivity (Wildman–Crippen MR) is 110 cm³/mol. The molecule has 0 spiro atoms. The van der Waals surface area contributed by atoms with Gasteiger partial charge in [0, 0.05) is 50.6 Å². The Morgan fingerprint density at radius 1 is 1.21 bits per heavy atom. The van der Waals surface area contributed by atoms with Crippen LogP contribution in [-0.4, -0.2) is 55.4 Å². The average Bonchev–Trinajstić information content (AvgIpc) is 3.29. The Morgan fingerprint density at radius 3 is 2.93 bits per heavy atom. The number of aromatic nitrogens is 2. The lowest BCUT2D eigenvalue weighted by atomic mass is 10.1. The van der Waals surface area contributed by atoms with Crippen molar-refractivity contribution in [3.63, 3.8) is 0 Å². The van der Waals surface area contributed by atoms with Crippen molar-refractivity contribution in [3.8, 4) is 11.5 Å². The van der Waals surface area contributed by atoms with E-state index < -0.39 is 0 Å². The second-order valence-electron chi connectivity index (χ2n) is 7.64. The standard InChI is InChI=1S/C22H30N4O3/c1-27-10-11-29-20-6-5-16(12-21(20)28-2)14-26-9-7-18-17(15-26)13-24-22(25-18)19-4-3-8-23-19/h5-6,12-13,19,23H,3-4,7-11,14-15H2,1-2H3/t19-/m1/s1. The van der Waals surface area contributed by atoms with Crippen LogP contribution in [0.4, 0.5) is 0 Å². The summed E-state index contributed by atoms with van der Waals surface area (Å²) in [5.41, 5.74) is 3.65. The smallest absolute Gasteiger partial charge is 0.161 e. The van der Waals surface area contributed by atoms with Crippen molar-refractivity contribution in [3.05, 3.63) is 47.0 Å². The van der Waals surface area contributed by atoms with E-state index in [4.69, 9.17) is 19.2 Å². The number of fused-ring (bicyclic) bond motifs is 1. The van der Waals surface area contributed by atoms with E-state index in [1.165, 1.54) is 23.2 Å². The van der Waals surface area contributed by atoms with Crippen molar-refractivity contribution in [2.45, 2.75) is 38.4 Å². The average molecular weight is 399 g/mol. The number of rotatable bonds is 8. The van der Waals surface area contributed by atoms with E-state index in [0.717, 1.165) is 56.3 Å². The number of benzene rings is 1. The molecule has 0 amide bonds. The summed E-state index contributed by atoms with van der Waals surface area (Å²) < 4.78 is 16.3. The molecule has 3 heterocycles. The first-order valence-electron chi connectivity index (χ1n) is 10.4. The topological polar surface area (TPSA) is 68.7 Å². The summed E-state index contributed by atoms with van der Waals surface area (Å²) in [5, 5.41) is 3.49. The van der Waals surface area contributed by atoms with Gasteiger partial charge in [-0.3, -0.25) is 4.90 Å². The lowest BCUT2D eigenvalue weighted by Crippen LogP contribution is -2.31. The van der Waals surface area contributed by atoms with Gasteiger partial charge in [-0.1, -0.05) is 6.07 Å². The summed E-state index contributed by atoms with van der Waals surface area (Å²) >= 11 is 0. The molecule has 0 saturated carbocycles. The maximum absolute atomic E-state index is 5.73. The van der Waals surface area contributed by atoms with Crippen LogP contribution in [0.5, 0.6) is 11.5 Å². The normalized spacial score (nSPS) is 19.2. The molecule has 1 fully saturated rings. The second-order valence-corrected chi connectivity index (χ2v) is 7.64. The number of nitrogens with one attached hydrogen (secondary N) is 1. The molecule has 29 heavy (non-hydrogen) atoms. The number of nitrogens with zero attached hydrogens (tertiary/aromatic N) is 3. The van der Waals surface area contributed by atoms with Gasteiger partial charge in [-0.25, -0.2) is 9.97 Å². The molecule has 7 nitrogen and oxygen atoms in total. The van der Waals surface area contributed by atoms with Gasteiger partial charge >= 0.3 is 0 Å². The van der Waals surface area contributed by atoms with Crippen LogP contribution in [0.1, 0.15) is 41.5 Å². The van der Waals surface area contributed by atoms with Gasteiger partial charge in [-0.2, -0.15) is 0 Å². The summed E-state index contributed by atoms with van der Waals surface area (Å²) in [5.74, 6) is 2.47. The maximum Gasteiger partial charge on any atom is 0.161 e. The highest BCUT2D eigenvalue weighted by Crippen LogP contribution is 2.29. The first kappa shape index (κ1) is 20.1. The lowest BCUT2D eigenvalue weighted by Gasteiger charge is -2.28. The highest BCUT2D eigenvalue weighted by atomic mass is 16.5. The minimum Gasteiger partial charge on any atom is -0.493 e. The minimum atomic E-state index is 0.329. The van der Waals surface area contributed by atoms with Crippen molar-refractivity contribution >= 4 is 0 Å². The van der Waals surface area contributed by atoms with Crippen LogP contribution in [-0.2, 0) is 24.2 Å². The molecule has 1 aromatic carbocycles. The molecule has 1 aromatic heterocycles. The van der Waals surface area contributed by atoms with Crippen LogP contribution in [0.2, 0.25) is 0 Å². The Labute approximate surface area is 172 Å². The van der Waals surface area contributed by atoms with Crippen molar-refractivity contribution in [1.29, 1.82) is 0 Å². The number of ether oxygens (including phenoxy) is 3. The highest BCUT2D eigenvalue weighted by Gasteiger charge is 2.23. The molecular weight excluding hydrogens is 368 g/mol. The fraction of sp³-hybridized carbons (Fsp3) is 0.545. The van der Waals surface area contributed by atoms with E-state index in [2.05, 4.69) is 27.3 Å². The molecule has 0 radical (unpaired) electrons. The zero-order chi connectivity index (χ0) is 20.1. The Morgan fingerprint density at radius 2 is 2.14 bits per heavy atom. The molecule has 1 atom stereocenters. The molecule has 1 saturated heterocycles. The van der Waals surface area contributed by atoms with Crippen LogP contribution >= 0.6 is 0 Å². The summed E-state index contributed by atoms with van der Waals surface area (Å²) in [4.78, 5) is 11.9. The van der Waals surface area contributed by atoms with Gasteiger partial charge in [-0.15, -0.1) is 0 Å². The van der Waals surface area contributed by atoms with Gasteiger partial charge < -0.3 is 19.5 Å². The van der Waals surface area contributed by atoms with E-state index in [1.54, 1.807) is 14.2 Å². The van der Waals surface area contributed by atoms with Gasteiger partial charge in [-0.05, 0) is 37.1 Å². The summed E-state index contributed by atoms with van der Waals surface area (Å²) in [7, 11) is 3.34. The molecule has 7 heteroatoms.